The molecule has 0 N–H and O–H groups in total. The van der Waals surface area contributed by atoms with Crippen LogP contribution < -0.4 is 4.90 Å². The molecule has 0 saturated heterocycles. The van der Waals surface area contributed by atoms with E-state index in [0.717, 1.165) is 22.4 Å². The number of benzene rings is 1. The molecule has 2 heterocycles. The highest BCUT2D eigenvalue weighted by atomic mass is 35.5. The zero-order chi connectivity index (χ0) is 14.3. The van der Waals surface area contributed by atoms with Gasteiger partial charge in [0.15, 0.2) is 0 Å². The van der Waals surface area contributed by atoms with Crippen molar-refractivity contribution < 1.29 is 4.39 Å². The molecule has 0 spiro atoms. The molecule has 4 heteroatoms. The minimum atomic E-state index is -0.186. The Labute approximate surface area is 123 Å². The van der Waals surface area contributed by atoms with E-state index >= 15 is 0 Å². The average molecular weight is 291 g/mol. The van der Waals surface area contributed by atoms with Gasteiger partial charge in [0.1, 0.15) is 5.82 Å². The van der Waals surface area contributed by atoms with E-state index < -0.39 is 0 Å². The molecule has 0 fully saturated rings. The Morgan fingerprint density at radius 3 is 2.85 bits per heavy atom. The van der Waals surface area contributed by atoms with Crippen molar-refractivity contribution in [2.24, 2.45) is 0 Å². The number of anilines is 1. The molecule has 2 nitrogen and oxygen atoms in total. The number of hydrogen-bond donors (Lipinski definition) is 0. The van der Waals surface area contributed by atoms with E-state index in [4.69, 9.17) is 11.6 Å². The number of halogens is 2. The zero-order valence-electron chi connectivity index (χ0n) is 11.5. The van der Waals surface area contributed by atoms with Crippen molar-refractivity contribution in [1.29, 1.82) is 0 Å². The summed E-state index contributed by atoms with van der Waals surface area (Å²) in [7, 11) is 0. The molecule has 1 aliphatic heterocycles. The SMILES string of the molecule is CC1(C)c2ccc(F)cc2CN1c1cncc(CCl)c1. The van der Waals surface area contributed by atoms with Gasteiger partial charge in [0.05, 0.1) is 17.4 Å². The van der Waals surface area contributed by atoms with Crippen LogP contribution in [0.25, 0.3) is 0 Å². The Morgan fingerprint density at radius 1 is 1.30 bits per heavy atom. The van der Waals surface area contributed by atoms with Crippen LogP contribution in [-0.2, 0) is 18.0 Å². The fourth-order valence-corrected chi connectivity index (χ4v) is 3.06. The molecule has 104 valence electrons. The minimum absolute atomic E-state index is 0.185. The highest BCUT2D eigenvalue weighted by Gasteiger charge is 2.37. The van der Waals surface area contributed by atoms with E-state index in [1.54, 1.807) is 12.3 Å². The lowest BCUT2D eigenvalue weighted by Crippen LogP contribution is -2.35. The lowest BCUT2D eigenvalue weighted by molar-refractivity contribution is 0.518. The molecule has 0 unspecified atom stereocenters. The molecular formula is C16H16ClFN2. The molecule has 0 bridgehead atoms. The summed E-state index contributed by atoms with van der Waals surface area (Å²) in [5.41, 5.74) is 4.02. The summed E-state index contributed by atoms with van der Waals surface area (Å²) >= 11 is 5.88. The van der Waals surface area contributed by atoms with Crippen molar-refractivity contribution in [2.75, 3.05) is 4.90 Å². The van der Waals surface area contributed by atoms with E-state index in [1.807, 2.05) is 18.3 Å². The van der Waals surface area contributed by atoms with Crippen molar-refractivity contribution in [1.82, 2.24) is 4.98 Å². The lowest BCUT2D eigenvalue weighted by atomic mass is 9.93. The summed E-state index contributed by atoms with van der Waals surface area (Å²) in [6.07, 6.45) is 3.60. The van der Waals surface area contributed by atoms with Crippen molar-refractivity contribution in [3.05, 3.63) is 59.2 Å². The van der Waals surface area contributed by atoms with Gasteiger partial charge in [-0.3, -0.25) is 4.98 Å². The molecule has 0 aliphatic carbocycles. The maximum absolute atomic E-state index is 13.4. The summed E-state index contributed by atoms with van der Waals surface area (Å²) < 4.78 is 13.4. The Kier molecular flexibility index (Phi) is 3.17. The van der Waals surface area contributed by atoms with Crippen LogP contribution in [0.3, 0.4) is 0 Å². The number of nitrogens with zero attached hydrogens (tertiary/aromatic N) is 2. The molecule has 2 aromatic rings. The molecule has 0 radical (unpaired) electrons. The monoisotopic (exact) mass is 290 g/mol. The highest BCUT2D eigenvalue weighted by Crippen LogP contribution is 2.41. The molecule has 3 rings (SSSR count). The van der Waals surface area contributed by atoms with Crippen LogP contribution >= 0.6 is 11.6 Å². The number of alkyl halides is 1. The van der Waals surface area contributed by atoms with Gasteiger partial charge in [0, 0.05) is 18.6 Å². The van der Waals surface area contributed by atoms with E-state index in [9.17, 15) is 4.39 Å². The summed E-state index contributed by atoms with van der Waals surface area (Å²) in [6.45, 7) is 4.97. The second-order valence-electron chi connectivity index (χ2n) is 5.63. The van der Waals surface area contributed by atoms with Gasteiger partial charge in [-0.15, -0.1) is 11.6 Å². The maximum atomic E-state index is 13.4. The van der Waals surface area contributed by atoms with Crippen LogP contribution in [0.4, 0.5) is 10.1 Å². The van der Waals surface area contributed by atoms with Gasteiger partial charge in [-0.05, 0) is 48.7 Å². The number of rotatable bonds is 2. The van der Waals surface area contributed by atoms with E-state index in [1.165, 1.54) is 6.07 Å². The van der Waals surface area contributed by atoms with Crippen LogP contribution in [-0.4, -0.2) is 4.98 Å². The number of fused-ring (bicyclic) bond motifs is 1. The van der Waals surface area contributed by atoms with Crippen LogP contribution in [0.2, 0.25) is 0 Å². The number of aromatic nitrogens is 1. The average Bonchev–Trinajstić information content (AvgIpc) is 2.70. The first kappa shape index (κ1) is 13.4. The van der Waals surface area contributed by atoms with Crippen molar-refractivity contribution in [3.8, 4) is 0 Å². The normalized spacial score (nSPS) is 16.3. The zero-order valence-corrected chi connectivity index (χ0v) is 12.3. The molecular weight excluding hydrogens is 275 g/mol. The molecule has 0 atom stereocenters. The fraction of sp³-hybridized carbons (Fsp3) is 0.312. The third-order valence-electron chi connectivity index (χ3n) is 3.98. The summed E-state index contributed by atoms with van der Waals surface area (Å²) in [4.78, 5) is 6.48. The summed E-state index contributed by atoms with van der Waals surface area (Å²) in [6, 6.07) is 7.07. The molecule has 1 aromatic heterocycles. The third kappa shape index (κ3) is 2.06. The van der Waals surface area contributed by atoms with Gasteiger partial charge in [-0.1, -0.05) is 6.07 Å². The number of hydrogen-bond acceptors (Lipinski definition) is 2. The standard InChI is InChI=1S/C16H16ClFN2/c1-16(2)15-4-3-13(18)6-12(15)10-20(16)14-5-11(7-17)8-19-9-14/h3-6,8-9H,7,10H2,1-2H3. The van der Waals surface area contributed by atoms with Gasteiger partial charge in [-0.25, -0.2) is 4.39 Å². The third-order valence-corrected chi connectivity index (χ3v) is 4.28. The summed E-state index contributed by atoms with van der Waals surface area (Å²) in [5.74, 6) is 0.255. The van der Waals surface area contributed by atoms with Crippen molar-refractivity contribution >= 4 is 17.3 Å². The van der Waals surface area contributed by atoms with E-state index in [-0.39, 0.29) is 11.4 Å². The summed E-state index contributed by atoms with van der Waals surface area (Å²) in [5, 5.41) is 0. The minimum Gasteiger partial charge on any atom is -0.357 e. The smallest absolute Gasteiger partial charge is 0.123 e. The first-order valence-electron chi connectivity index (χ1n) is 6.59. The maximum Gasteiger partial charge on any atom is 0.123 e. The van der Waals surface area contributed by atoms with Crippen LogP contribution in [0, 0.1) is 5.82 Å². The highest BCUT2D eigenvalue weighted by molar-refractivity contribution is 6.17. The largest absolute Gasteiger partial charge is 0.357 e. The van der Waals surface area contributed by atoms with Crippen LogP contribution in [0.1, 0.15) is 30.5 Å². The second-order valence-corrected chi connectivity index (χ2v) is 5.90. The second kappa shape index (κ2) is 4.74. The Hall–Kier alpha value is -1.61. The first-order valence-corrected chi connectivity index (χ1v) is 7.12. The number of pyridine rings is 1. The van der Waals surface area contributed by atoms with Gasteiger partial charge >= 0.3 is 0 Å². The van der Waals surface area contributed by atoms with Gasteiger partial charge in [-0.2, -0.15) is 0 Å². The quantitative estimate of drug-likeness (QED) is 0.770. The Balaban J connectivity index is 2.04. The fourth-order valence-electron chi connectivity index (χ4n) is 2.91. The van der Waals surface area contributed by atoms with Crippen molar-refractivity contribution in [3.63, 3.8) is 0 Å². The first-order chi connectivity index (χ1) is 9.52. The van der Waals surface area contributed by atoms with Crippen molar-refractivity contribution in [2.45, 2.75) is 31.8 Å². The van der Waals surface area contributed by atoms with Gasteiger partial charge in [0.25, 0.3) is 0 Å². The Bertz CT molecular complexity index is 655. The lowest BCUT2D eigenvalue weighted by Gasteiger charge is -2.34. The predicted octanol–water partition coefficient (Wildman–Crippen LogP) is 4.21. The molecule has 1 aliphatic rings. The Morgan fingerprint density at radius 2 is 2.10 bits per heavy atom. The predicted molar refractivity (Wildman–Crippen MR) is 79.4 cm³/mol. The molecule has 20 heavy (non-hydrogen) atoms. The van der Waals surface area contributed by atoms with E-state index in [2.05, 4.69) is 23.7 Å². The topological polar surface area (TPSA) is 16.1 Å². The van der Waals surface area contributed by atoms with E-state index in [0.29, 0.717) is 12.4 Å². The van der Waals surface area contributed by atoms with Gasteiger partial charge in [0.2, 0.25) is 0 Å². The van der Waals surface area contributed by atoms with Crippen LogP contribution in [0.5, 0.6) is 0 Å². The van der Waals surface area contributed by atoms with Crippen LogP contribution in [0.15, 0.2) is 36.7 Å². The van der Waals surface area contributed by atoms with Gasteiger partial charge < -0.3 is 4.90 Å². The molecule has 0 saturated carbocycles. The molecule has 0 amide bonds. The molecule has 1 aromatic carbocycles.